The fraction of sp³-hybridized carbons (Fsp3) is 0.462. The average Bonchev–Trinajstić information content (AvgIpc) is 3.40. The van der Waals surface area contributed by atoms with Gasteiger partial charge in [0, 0.05) is 24.2 Å². The fourth-order valence-corrected chi connectivity index (χ4v) is 6.82. The number of hydrogen-bond acceptors (Lipinski definition) is 8. The molecule has 0 aliphatic carbocycles. The number of rotatable bonds is 10. The molecule has 0 saturated carbocycles. The molecule has 1 aliphatic heterocycles. The number of pyridine rings is 1. The largest absolute Gasteiger partial charge is 0.497 e. The Balaban J connectivity index is 1.36. The third-order valence-electron chi connectivity index (χ3n) is 6.62. The zero-order valence-electron chi connectivity index (χ0n) is 20.0. The van der Waals surface area contributed by atoms with E-state index >= 15 is 0 Å². The van der Waals surface area contributed by atoms with Crippen LogP contribution in [0.4, 0.5) is 0 Å². The number of ether oxygens (including phenoxy) is 2. The molecule has 188 valence electrons. The molecule has 4 rings (SSSR count). The molecule has 0 amide bonds. The summed E-state index contributed by atoms with van der Waals surface area (Å²) in [6.45, 7) is 2.57. The number of aliphatic hydroxyl groups excluding tert-OH is 1. The van der Waals surface area contributed by atoms with Crippen LogP contribution in [-0.4, -0.2) is 60.6 Å². The molecule has 2 aromatic heterocycles. The minimum absolute atomic E-state index is 0.154. The van der Waals surface area contributed by atoms with E-state index in [9.17, 15) is 9.90 Å². The molecule has 35 heavy (non-hydrogen) atoms. The first-order valence-electron chi connectivity index (χ1n) is 11.8. The second-order valence-corrected chi connectivity index (χ2v) is 11.5. The molecule has 0 radical (unpaired) electrons. The van der Waals surface area contributed by atoms with Gasteiger partial charge in [-0.3, -0.25) is 4.79 Å². The van der Waals surface area contributed by atoms with Crippen LogP contribution < -0.4 is 4.74 Å². The lowest BCUT2D eigenvalue weighted by molar-refractivity contribution is -0.150. The van der Waals surface area contributed by atoms with E-state index in [1.54, 1.807) is 18.4 Å². The van der Waals surface area contributed by atoms with Crippen molar-refractivity contribution in [2.75, 3.05) is 39.6 Å². The number of aliphatic hydroxyl groups is 1. The van der Waals surface area contributed by atoms with Crippen molar-refractivity contribution in [2.24, 2.45) is 11.8 Å². The molecular weight excluding hydrogens is 504 g/mol. The predicted molar refractivity (Wildman–Crippen MR) is 143 cm³/mol. The molecule has 1 fully saturated rings. The van der Waals surface area contributed by atoms with E-state index < -0.39 is 6.10 Å². The summed E-state index contributed by atoms with van der Waals surface area (Å²) in [5.74, 6) is 1.52. The van der Waals surface area contributed by atoms with E-state index in [2.05, 4.69) is 27.4 Å². The first kappa shape index (κ1) is 26.2. The molecule has 1 N–H and O–H groups in total. The van der Waals surface area contributed by atoms with Crippen molar-refractivity contribution in [1.82, 2.24) is 9.88 Å². The van der Waals surface area contributed by atoms with Crippen LogP contribution in [0.3, 0.4) is 0 Å². The first-order chi connectivity index (χ1) is 17.0. The first-order valence-corrected chi connectivity index (χ1v) is 14.0. The third kappa shape index (κ3) is 6.68. The van der Waals surface area contributed by atoms with Gasteiger partial charge in [-0.1, -0.05) is 17.7 Å². The van der Waals surface area contributed by atoms with Crippen LogP contribution in [0.1, 0.15) is 31.1 Å². The lowest BCUT2D eigenvalue weighted by atomic mass is 9.81. The Morgan fingerprint density at radius 3 is 2.94 bits per heavy atom. The van der Waals surface area contributed by atoms with E-state index in [4.69, 9.17) is 21.1 Å². The number of likely N-dealkylation sites (tertiary alicyclic amines) is 1. The molecule has 0 spiro atoms. The second kappa shape index (κ2) is 12.4. The molecule has 0 bridgehead atoms. The maximum absolute atomic E-state index is 12.6. The van der Waals surface area contributed by atoms with Gasteiger partial charge in [0.2, 0.25) is 0 Å². The standard InChI is InChI=1S/C26H31ClN2O4S2/c1-32-19-6-7-22-18(14-19)15-21(27)25(28-22)23(30)8-5-17-9-10-29(16-20(17)26(31)33-2)11-13-35-24-4-3-12-34-24/h3-4,6-7,12,14-15,17,20,23,30H,5,8-11,13,16H2,1-2H3/t17-,20+,23+/m1/s1. The number of hydrogen-bond donors (Lipinski definition) is 1. The number of aromatic nitrogens is 1. The minimum Gasteiger partial charge on any atom is -0.497 e. The molecule has 3 heterocycles. The Morgan fingerprint density at radius 2 is 2.20 bits per heavy atom. The van der Waals surface area contributed by atoms with Crippen molar-refractivity contribution >= 4 is 51.6 Å². The number of thioether (sulfide) groups is 1. The number of halogens is 1. The number of carbonyl (C=O) groups is 1. The molecule has 1 aromatic carbocycles. The van der Waals surface area contributed by atoms with Gasteiger partial charge in [-0.15, -0.1) is 23.1 Å². The quantitative estimate of drug-likeness (QED) is 0.265. The average molecular weight is 535 g/mol. The highest BCUT2D eigenvalue weighted by atomic mass is 35.5. The van der Waals surface area contributed by atoms with Gasteiger partial charge < -0.3 is 19.5 Å². The van der Waals surface area contributed by atoms with Crippen molar-refractivity contribution in [3.8, 4) is 5.75 Å². The monoisotopic (exact) mass is 534 g/mol. The number of fused-ring (bicyclic) bond motifs is 1. The van der Waals surface area contributed by atoms with Crippen LogP contribution in [0.25, 0.3) is 10.9 Å². The molecule has 3 aromatic rings. The van der Waals surface area contributed by atoms with Gasteiger partial charge in [0.25, 0.3) is 0 Å². The van der Waals surface area contributed by atoms with Gasteiger partial charge in [0.05, 0.1) is 46.7 Å². The van der Waals surface area contributed by atoms with Gasteiger partial charge in [0.1, 0.15) is 5.75 Å². The second-order valence-electron chi connectivity index (χ2n) is 8.77. The van der Waals surface area contributed by atoms with Crippen LogP contribution in [-0.2, 0) is 9.53 Å². The summed E-state index contributed by atoms with van der Waals surface area (Å²) in [6.07, 6.45) is 1.29. The van der Waals surface area contributed by atoms with Crippen molar-refractivity contribution in [3.63, 3.8) is 0 Å². The van der Waals surface area contributed by atoms with Crippen molar-refractivity contribution < 1.29 is 19.4 Å². The Kier molecular flexibility index (Phi) is 9.30. The zero-order chi connectivity index (χ0) is 24.8. The smallest absolute Gasteiger partial charge is 0.310 e. The van der Waals surface area contributed by atoms with Gasteiger partial charge in [-0.2, -0.15) is 0 Å². The highest BCUT2D eigenvalue weighted by molar-refractivity contribution is 8.01. The zero-order valence-corrected chi connectivity index (χ0v) is 22.4. The SMILES string of the molecule is COC(=O)[C@H]1CN(CCSc2cccs2)CC[C@H]1CC[C@H](O)c1nc2ccc(OC)cc2cc1Cl. The van der Waals surface area contributed by atoms with E-state index in [1.807, 2.05) is 36.0 Å². The summed E-state index contributed by atoms with van der Waals surface area (Å²) in [5, 5.41) is 14.3. The predicted octanol–water partition coefficient (Wildman–Crippen LogP) is 5.68. The topological polar surface area (TPSA) is 71.9 Å². The van der Waals surface area contributed by atoms with Crippen LogP contribution in [0, 0.1) is 11.8 Å². The van der Waals surface area contributed by atoms with Gasteiger partial charge >= 0.3 is 5.97 Å². The Labute approximate surface area is 219 Å². The Hall–Kier alpha value is -1.84. The van der Waals surface area contributed by atoms with Crippen LogP contribution >= 0.6 is 34.7 Å². The highest BCUT2D eigenvalue weighted by Crippen LogP contribution is 2.34. The maximum atomic E-state index is 12.6. The maximum Gasteiger partial charge on any atom is 0.310 e. The van der Waals surface area contributed by atoms with E-state index in [-0.39, 0.29) is 17.8 Å². The number of carbonyl (C=O) groups excluding carboxylic acids is 1. The molecule has 1 aliphatic rings. The summed E-state index contributed by atoms with van der Waals surface area (Å²) >= 11 is 10.1. The molecule has 3 atom stereocenters. The number of esters is 1. The molecule has 0 unspecified atom stereocenters. The highest BCUT2D eigenvalue weighted by Gasteiger charge is 2.35. The van der Waals surface area contributed by atoms with E-state index in [1.165, 1.54) is 11.3 Å². The molecular formula is C26H31ClN2O4S2. The van der Waals surface area contributed by atoms with Gasteiger partial charge in [0.15, 0.2) is 0 Å². The fourth-order valence-electron chi connectivity index (χ4n) is 4.67. The number of nitrogens with zero attached hydrogens (tertiary/aromatic N) is 2. The van der Waals surface area contributed by atoms with Crippen molar-refractivity contribution in [1.29, 1.82) is 0 Å². The van der Waals surface area contributed by atoms with E-state index in [0.29, 0.717) is 30.1 Å². The van der Waals surface area contributed by atoms with Crippen LogP contribution in [0.2, 0.25) is 5.02 Å². The number of thiophene rings is 1. The van der Waals surface area contributed by atoms with Crippen molar-refractivity contribution in [3.05, 3.63) is 52.5 Å². The summed E-state index contributed by atoms with van der Waals surface area (Å²) in [5.41, 5.74) is 1.23. The number of benzene rings is 1. The lowest BCUT2D eigenvalue weighted by Gasteiger charge is -2.37. The molecule has 1 saturated heterocycles. The van der Waals surface area contributed by atoms with Crippen LogP contribution in [0.15, 0.2) is 46.0 Å². The lowest BCUT2D eigenvalue weighted by Crippen LogP contribution is -2.45. The van der Waals surface area contributed by atoms with Gasteiger partial charge in [-0.25, -0.2) is 4.98 Å². The molecule has 6 nitrogen and oxygen atoms in total. The Bertz CT molecular complexity index is 1130. The van der Waals surface area contributed by atoms with E-state index in [0.717, 1.165) is 41.9 Å². The molecule has 9 heteroatoms. The minimum atomic E-state index is -0.799. The number of methoxy groups -OCH3 is 2. The number of piperidine rings is 1. The summed E-state index contributed by atoms with van der Waals surface area (Å²) in [6, 6.07) is 11.6. The van der Waals surface area contributed by atoms with Gasteiger partial charge in [-0.05, 0) is 67.4 Å². The summed E-state index contributed by atoms with van der Waals surface area (Å²) in [4.78, 5) is 19.6. The summed E-state index contributed by atoms with van der Waals surface area (Å²) < 4.78 is 11.7. The third-order valence-corrected chi connectivity index (χ3v) is 9.03. The normalized spacial score (nSPS) is 19.5. The van der Waals surface area contributed by atoms with Crippen LogP contribution in [0.5, 0.6) is 5.75 Å². The summed E-state index contributed by atoms with van der Waals surface area (Å²) in [7, 11) is 3.07. The van der Waals surface area contributed by atoms with Crippen molar-refractivity contribution in [2.45, 2.75) is 29.6 Å². The Morgan fingerprint density at radius 1 is 1.34 bits per heavy atom.